The molecule has 0 aromatic rings. The molecule has 1 unspecified atom stereocenters. The van der Waals surface area contributed by atoms with Crippen molar-refractivity contribution in [1.29, 1.82) is 0 Å². The summed E-state index contributed by atoms with van der Waals surface area (Å²) in [4.78, 5) is 0. The van der Waals surface area contributed by atoms with Crippen LogP contribution in [-0.2, 0) is 0 Å². The molecule has 1 aliphatic rings. The first-order chi connectivity index (χ1) is 14.2. The molecule has 1 aliphatic carbocycles. The second kappa shape index (κ2) is 19.4. The van der Waals surface area contributed by atoms with E-state index in [0.29, 0.717) is 0 Å². The van der Waals surface area contributed by atoms with Crippen LogP contribution in [0.1, 0.15) is 144 Å². The van der Waals surface area contributed by atoms with Gasteiger partial charge in [-0.25, -0.2) is 0 Å². The molecule has 0 heterocycles. The summed E-state index contributed by atoms with van der Waals surface area (Å²) in [5, 5.41) is 0. The van der Waals surface area contributed by atoms with E-state index < -0.39 is 0 Å². The summed E-state index contributed by atoms with van der Waals surface area (Å²) >= 11 is 0. The molecule has 1 rings (SSSR count). The third kappa shape index (κ3) is 10.9. The third-order valence-corrected chi connectivity index (χ3v) is 6.44. The lowest BCUT2D eigenvalue weighted by Crippen LogP contribution is -2.03. The normalized spacial score (nSPS) is 16.4. The van der Waals surface area contributed by atoms with Crippen LogP contribution < -0.4 is 5.73 Å². The van der Waals surface area contributed by atoms with E-state index in [9.17, 15) is 0 Å². The van der Waals surface area contributed by atoms with Gasteiger partial charge in [-0.2, -0.15) is 0 Å². The van der Waals surface area contributed by atoms with Gasteiger partial charge in [0, 0.05) is 5.92 Å². The first-order valence-electron chi connectivity index (χ1n) is 13.3. The van der Waals surface area contributed by atoms with E-state index in [4.69, 9.17) is 5.73 Å². The Morgan fingerprint density at radius 3 is 1.34 bits per heavy atom. The van der Waals surface area contributed by atoms with Crippen molar-refractivity contribution in [2.45, 2.75) is 144 Å². The van der Waals surface area contributed by atoms with Gasteiger partial charge in [-0.05, 0) is 75.5 Å². The Kier molecular flexibility index (Phi) is 19.0. The molecule has 0 aromatic carbocycles. The molecule has 0 aromatic heterocycles. The summed E-state index contributed by atoms with van der Waals surface area (Å²) in [6.45, 7) is 14.8. The van der Waals surface area contributed by atoms with Crippen LogP contribution in [0, 0.1) is 5.92 Å². The molecule has 0 fully saturated rings. The molecule has 0 bridgehead atoms. The Morgan fingerprint density at radius 1 is 0.552 bits per heavy atom. The molecule has 0 saturated heterocycles. The van der Waals surface area contributed by atoms with Crippen LogP contribution in [0.3, 0.4) is 0 Å². The molecular weight excluding hydrogens is 350 g/mol. The van der Waals surface area contributed by atoms with Crippen LogP contribution in [0.4, 0.5) is 0 Å². The quantitative estimate of drug-likeness (QED) is 0.254. The second-order valence-electron chi connectivity index (χ2n) is 8.84. The molecule has 1 atom stereocenters. The Bertz CT molecular complexity index is 441. The monoisotopic (exact) mass is 405 g/mol. The number of hydrogen-bond donors (Lipinski definition) is 1. The van der Waals surface area contributed by atoms with Crippen molar-refractivity contribution >= 4 is 0 Å². The molecule has 0 aliphatic heterocycles. The molecule has 0 saturated carbocycles. The highest BCUT2D eigenvalue weighted by Gasteiger charge is 2.30. The lowest BCUT2D eigenvalue weighted by atomic mass is 9.87. The van der Waals surface area contributed by atoms with E-state index in [0.717, 1.165) is 12.5 Å². The van der Waals surface area contributed by atoms with Crippen LogP contribution >= 0.6 is 0 Å². The Labute approximate surface area is 185 Å². The Balaban J connectivity index is 0.00000139. The van der Waals surface area contributed by atoms with Gasteiger partial charge in [0.05, 0.1) is 0 Å². The van der Waals surface area contributed by atoms with E-state index in [1.165, 1.54) is 103 Å². The Morgan fingerprint density at radius 2 is 1.00 bits per heavy atom. The average molecular weight is 406 g/mol. The first kappa shape index (κ1) is 28.4. The smallest absolute Gasteiger partial charge is 0.00161 e. The van der Waals surface area contributed by atoms with Gasteiger partial charge in [-0.15, -0.1) is 0 Å². The van der Waals surface area contributed by atoms with E-state index in [2.05, 4.69) is 41.5 Å². The minimum Gasteiger partial charge on any atom is -0.330 e. The maximum atomic E-state index is 5.14. The maximum absolute atomic E-state index is 5.14. The fraction of sp³-hybridized carbons (Fsp3) is 0.857. The van der Waals surface area contributed by atoms with Crippen molar-refractivity contribution in [2.75, 3.05) is 6.54 Å². The van der Waals surface area contributed by atoms with Gasteiger partial charge in [0.1, 0.15) is 0 Å². The fourth-order valence-corrected chi connectivity index (χ4v) is 4.79. The lowest BCUT2D eigenvalue weighted by Gasteiger charge is -2.18. The minimum absolute atomic E-state index is 0.792. The number of nitrogens with two attached hydrogens (primary N) is 1. The first-order valence-corrected chi connectivity index (χ1v) is 13.3. The zero-order chi connectivity index (χ0) is 21.9. The van der Waals surface area contributed by atoms with Crippen molar-refractivity contribution in [3.8, 4) is 0 Å². The number of allylic oxidation sites excluding steroid dienone is 4. The van der Waals surface area contributed by atoms with Gasteiger partial charge in [0.2, 0.25) is 0 Å². The molecule has 0 amide bonds. The Hall–Kier alpha value is -0.560. The second-order valence-corrected chi connectivity index (χ2v) is 8.84. The van der Waals surface area contributed by atoms with Crippen LogP contribution in [-0.4, -0.2) is 6.54 Å². The van der Waals surface area contributed by atoms with Crippen LogP contribution in [0.5, 0.6) is 0 Å². The lowest BCUT2D eigenvalue weighted by molar-refractivity contribution is 0.605. The highest BCUT2D eigenvalue weighted by atomic mass is 14.5. The molecular formula is C28H55N. The fourth-order valence-electron chi connectivity index (χ4n) is 4.79. The van der Waals surface area contributed by atoms with Crippen LogP contribution in [0.2, 0.25) is 0 Å². The molecule has 0 spiro atoms. The molecule has 1 nitrogen and oxygen atoms in total. The third-order valence-electron chi connectivity index (χ3n) is 6.44. The van der Waals surface area contributed by atoms with Crippen molar-refractivity contribution < 1.29 is 0 Å². The summed E-state index contributed by atoms with van der Waals surface area (Å²) in [7, 11) is 0. The molecule has 172 valence electrons. The highest BCUT2D eigenvalue weighted by Crippen LogP contribution is 2.46. The summed E-state index contributed by atoms with van der Waals surface area (Å²) in [6.07, 6.45) is 21.5. The predicted molar refractivity (Wildman–Crippen MR) is 135 cm³/mol. The van der Waals surface area contributed by atoms with Crippen molar-refractivity contribution in [2.24, 2.45) is 11.7 Å². The van der Waals surface area contributed by atoms with Gasteiger partial charge in [0.25, 0.3) is 0 Å². The maximum Gasteiger partial charge on any atom is 0.00161 e. The summed E-state index contributed by atoms with van der Waals surface area (Å²) < 4.78 is 0. The van der Waals surface area contributed by atoms with E-state index in [1.54, 1.807) is 0 Å². The minimum atomic E-state index is 0.792. The van der Waals surface area contributed by atoms with Gasteiger partial charge < -0.3 is 5.73 Å². The van der Waals surface area contributed by atoms with E-state index >= 15 is 0 Å². The molecule has 2 N–H and O–H groups in total. The number of rotatable bonds is 16. The topological polar surface area (TPSA) is 26.0 Å². The largest absolute Gasteiger partial charge is 0.330 e. The van der Waals surface area contributed by atoms with Crippen molar-refractivity contribution in [1.82, 2.24) is 0 Å². The summed E-state index contributed by atoms with van der Waals surface area (Å²) in [5.41, 5.74) is 12.5. The average Bonchev–Trinajstić information content (AvgIpc) is 3.01. The summed E-state index contributed by atoms with van der Waals surface area (Å²) in [5.74, 6) is 0.792. The predicted octanol–water partition coefficient (Wildman–Crippen LogP) is 9.52. The van der Waals surface area contributed by atoms with Crippen molar-refractivity contribution in [3.05, 3.63) is 22.3 Å². The van der Waals surface area contributed by atoms with E-state index in [-0.39, 0.29) is 0 Å². The highest BCUT2D eigenvalue weighted by molar-refractivity contribution is 5.49. The number of hydrogen-bond acceptors (Lipinski definition) is 1. The SMILES string of the molecule is CCCCCC1=C(CC)C(CC)C(CCCCC)=C1CCCCC.CCCCN. The number of unbranched alkanes of at least 4 members (excludes halogenated alkanes) is 7. The molecule has 29 heavy (non-hydrogen) atoms. The van der Waals surface area contributed by atoms with Crippen LogP contribution in [0.15, 0.2) is 22.3 Å². The zero-order valence-corrected chi connectivity index (χ0v) is 21.2. The molecule has 0 radical (unpaired) electrons. The summed E-state index contributed by atoms with van der Waals surface area (Å²) in [6, 6.07) is 0. The van der Waals surface area contributed by atoms with Gasteiger partial charge >= 0.3 is 0 Å². The van der Waals surface area contributed by atoms with Gasteiger partial charge in [0.15, 0.2) is 0 Å². The standard InChI is InChI=1S/C24H44.C4H11N/c1-6-11-14-17-22-20(9-4)21(10-5)23(18-15-12-7-2)24(22)19-16-13-8-3;1-2-3-4-5/h20H,6-19H2,1-5H3;2-5H2,1H3. The van der Waals surface area contributed by atoms with Gasteiger partial charge in [-0.3, -0.25) is 0 Å². The zero-order valence-electron chi connectivity index (χ0n) is 21.2. The van der Waals surface area contributed by atoms with Crippen LogP contribution in [0.25, 0.3) is 0 Å². The van der Waals surface area contributed by atoms with Crippen molar-refractivity contribution in [3.63, 3.8) is 0 Å². The van der Waals surface area contributed by atoms with Gasteiger partial charge in [-0.1, -0.05) is 97.6 Å². The van der Waals surface area contributed by atoms with E-state index in [1.807, 2.05) is 22.3 Å². The molecule has 1 heteroatoms.